The van der Waals surface area contributed by atoms with Crippen molar-refractivity contribution in [2.75, 3.05) is 13.2 Å². The van der Waals surface area contributed by atoms with E-state index in [9.17, 15) is 18.0 Å². The van der Waals surface area contributed by atoms with Crippen LogP contribution in [0.15, 0.2) is 35.7 Å². The number of hydrogen-bond donors (Lipinski definition) is 2. The van der Waals surface area contributed by atoms with Crippen LogP contribution in [0.5, 0.6) is 5.75 Å². The summed E-state index contributed by atoms with van der Waals surface area (Å²) in [7, 11) is 1.01. The molecule has 0 aliphatic heterocycles. The second kappa shape index (κ2) is 7.09. The van der Waals surface area contributed by atoms with E-state index in [2.05, 4.69) is 11.9 Å². The van der Waals surface area contributed by atoms with E-state index in [-0.39, 0.29) is 17.9 Å². The number of carbonyl (C=O) groups excluding carboxylic acids is 1. The Balaban J connectivity index is 2.99. The zero-order valence-corrected chi connectivity index (χ0v) is 12.3. The van der Waals surface area contributed by atoms with Gasteiger partial charge in [0, 0.05) is 17.2 Å². The molecular formula is C12H12ClNO6S. The second-order valence-electron chi connectivity index (χ2n) is 3.79. The molecule has 0 aliphatic rings. The number of amides is 1. The summed E-state index contributed by atoms with van der Waals surface area (Å²) in [5.74, 6) is -2.01. The monoisotopic (exact) mass is 333 g/mol. The Labute approximate surface area is 125 Å². The standard InChI is InChI=1S/C12H12ClNO6S/c1-2-5-14-11(15)7-20-9-4-3-8(12(16)17)6-10(9)21(13,18)19/h2-4,6H,1,5,7H2,(H,14,15)(H,16,17). The molecule has 1 rings (SSSR count). The number of hydrogen-bond acceptors (Lipinski definition) is 5. The molecule has 1 aromatic rings. The molecule has 0 bridgehead atoms. The van der Waals surface area contributed by atoms with Crippen LogP contribution in [-0.2, 0) is 13.8 Å². The highest BCUT2D eigenvalue weighted by atomic mass is 35.7. The fourth-order valence-corrected chi connectivity index (χ4v) is 2.33. The maximum atomic E-state index is 11.4. The summed E-state index contributed by atoms with van der Waals surface area (Å²) in [4.78, 5) is 21.7. The van der Waals surface area contributed by atoms with Crippen LogP contribution in [0, 0.1) is 0 Å². The first kappa shape index (κ1) is 17.0. The lowest BCUT2D eigenvalue weighted by Gasteiger charge is -2.10. The molecule has 0 radical (unpaired) electrons. The van der Waals surface area contributed by atoms with Crippen molar-refractivity contribution >= 4 is 31.6 Å². The van der Waals surface area contributed by atoms with Gasteiger partial charge in [-0.1, -0.05) is 6.08 Å². The van der Waals surface area contributed by atoms with Gasteiger partial charge in [-0.15, -0.1) is 6.58 Å². The van der Waals surface area contributed by atoms with Gasteiger partial charge in [0.1, 0.15) is 10.6 Å². The van der Waals surface area contributed by atoms with Crippen molar-refractivity contribution in [3.8, 4) is 5.75 Å². The van der Waals surface area contributed by atoms with E-state index in [0.29, 0.717) is 0 Å². The Hall–Kier alpha value is -2.06. The molecule has 0 unspecified atom stereocenters. The molecule has 0 aromatic heterocycles. The summed E-state index contributed by atoms with van der Waals surface area (Å²) in [5, 5.41) is 11.3. The second-order valence-corrected chi connectivity index (χ2v) is 6.32. The maximum absolute atomic E-state index is 11.4. The van der Waals surface area contributed by atoms with E-state index >= 15 is 0 Å². The molecule has 2 N–H and O–H groups in total. The maximum Gasteiger partial charge on any atom is 0.335 e. The number of ether oxygens (including phenoxy) is 1. The quantitative estimate of drug-likeness (QED) is 0.569. The Bertz CT molecular complexity index is 670. The molecule has 0 saturated heterocycles. The number of rotatable bonds is 7. The molecule has 7 nitrogen and oxygen atoms in total. The van der Waals surface area contributed by atoms with Crippen molar-refractivity contribution in [1.82, 2.24) is 5.32 Å². The molecule has 1 aromatic carbocycles. The van der Waals surface area contributed by atoms with E-state index in [1.807, 2.05) is 0 Å². The van der Waals surface area contributed by atoms with Gasteiger partial charge in [-0.05, 0) is 18.2 Å². The van der Waals surface area contributed by atoms with Crippen molar-refractivity contribution in [3.63, 3.8) is 0 Å². The lowest BCUT2D eigenvalue weighted by molar-refractivity contribution is -0.122. The molecule has 0 aliphatic carbocycles. The molecule has 0 saturated carbocycles. The SMILES string of the molecule is C=CCNC(=O)COc1ccc(C(=O)O)cc1S(=O)(=O)Cl. The summed E-state index contributed by atoms with van der Waals surface area (Å²) in [6.45, 7) is 3.21. The minimum Gasteiger partial charge on any atom is -0.482 e. The van der Waals surface area contributed by atoms with Crippen LogP contribution in [0.4, 0.5) is 0 Å². The Morgan fingerprint density at radius 3 is 2.62 bits per heavy atom. The van der Waals surface area contributed by atoms with Gasteiger partial charge < -0.3 is 15.2 Å². The van der Waals surface area contributed by atoms with Crippen LogP contribution in [0.25, 0.3) is 0 Å². The van der Waals surface area contributed by atoms with Crippen molar-refractivity contribution in [2.24, 2.45) is 0 Å². The van der Waals surface area contributed by atoms with Crippen molar-refractivity contribution in [2.45, 2.75) is 4.90 Å². The van der Waals surface area contributed by atoms with Gasteiger partial charge in [-0.2, -0.15) is 0 Å². The molecule has 1 amide bonds. The highest BCUT2D eigenvalue weighted by molar-refractivity contribution is 8.13. The highest BCUT2D eigenvalue weighted by Gasteiger charge is 2.20. The largest absolute Gasteiger partial charge is 0.482 e. The van der Waals surface area contributed by atoms with Gasteiger partial charge in [-0.3, -0.25) is 4.79 Å². The topological polar surface area (TPSA) is 110 Å². The average molecular weight is 334 g/mol. The molecule has 9 heteroatoms. The summed E-state index contributed by atoms with van der Waals surface area (Å²) in [6, 6.07) is 3.13. The minimum absolute atomic E-state index is 0.205. The molecule has 21 heavy (non-hydrogen) atoms. The van der Waals surface area contributed by atoms with E-state index in [0.717, 1.165) is 18.2 Å². The minimum atomic E-state index is -4.22. The predicted octanol–water partition coefficient (Wildman–Crippen LogP) is 0.993. The van der Waals surface area contributed by atoms with Crippen LogP contribution in [-0.4, -0.2) is 38.6 Å². The Kier molecular flexibility index (Phi) is 5.74. The van der Waals surface area contributed by atoms with E-state index in [1.54, 1.807) is 0 Å². The van der Waals surface area contributed by atoms with E-state index in [4.69, 9.17) is 20.5 Å². The van der Waals surface area contributed by atoms with Gasteiger partial charge in [0.25, 0.3) is 15.0 Å². The number of nitrogens with one attached hydrogen (secondary N) is 1. The molecule has 0 fully saturated rings. The highest BCUT2D eigenvalue weighted by Crippen LogP contribution is 2.28. The number of carboxylic acids is 1. The summed E-state index contributed by atoms with van der Waals surface area (Å²) < 4.78 is 27.9. The van der Waals surface area contributed by atoms with Gasteiger partial charge in [-0.25, -0.2) is 13.2 Å². The average Bonchev–Trinajstić information content (AvgIpc) is 2.41. The smallest absolute Gasteiger partial charge is 0.335 e. The van der Waals surface area contributed by atoms with Crippen LogP contribution in [0.3, 0.4) is 0 Å². The first-order valence-corrected chi connectivity index (χ1v) is 7.89. The van der Waals surface area contributed by atoms with E-state index in [1.165, 1.54) is 6.08 Å². The summed E-state index contributed by atoms with van der Waals surface area (Å²) in [6.07, 6.45) is 1.47. The summed E-state index contributed by atoms with van der Waals surface area (Å²) >= 11 is 0. The van der Waals surface area contributed by atoms with Crippen LogP contribution in [0.1, 0.15) is 10.4 Å². The number of carbonyl (C=O) groups is 2. The third-order valence-corrected chi connectivity index (χ3v) is 3.60. The lowest BCUT2D eigenvalue weighted by Crippen LogP contribution is -2.29. The first-order chi connectivity index (χ1) is 9.75. The number of aromatic carboxylic acids is 1. The normalized spacial score (nSPS) is 10.7. The fourth-order valence-electron chi connectivity index (χ4n) is 1.33. The van der Waals surface area contributed by atoms with Crippen LogP contribution in [0.2, 0.25) is 0 Å². The van der Waals surface area contributed by atoms with Crippen molar-refractivity contribution < 1.29 is 27.9 Å². The molecule has 0 atom stereocenters. The first-order valence-electron chi connectivity index (χ1n) is 5.58. The van der Waals surface area contributed by atoms with Crippen LogP contribution < -0.4 is 10.1 Å². The fraction of sp³-hybridized carbons (Fsp3) is 0.167. The van der Waals surface area contributed by atoms with Gasteiger partial charge >= 0.3 is 5.97 Å². The zero-order valence-electron chi connectivity index (χ0n) is 10.7. The van der Waals surface area contributed by atoms with Gasteiger partial charge in [0.2, 0.25) is 0 Å². The Morgan fingerprint density at radius 2 is 2.10 bits per heavy atom. The zero-order chi connectivity index (χ0) is 16.0. The van der Waals surface area contributed by atoms with Crippen LogP contribution >= 0.6 is 10.7 Å². The van der Waals surface area contributed by atoms with Crippen molar-refractivity contribution in [1.29, 1.82) is 0 Å². The molecular weight excluding hydrogens is 322 g/mol. The summed E-state index contributed by atoms with van der Waals surface area (Å²) in [5.41, 5.74) is -0.266. The lowest BCUT2D eigenvalue weighted by atomic mass is 10.2. The number of carboxylic acid groups (broad SMARTS) is 1. The third kappa shape index (κ3) is 5.09. The molecule has 0 heterocycles. The van der Waals surface area contributed by atoms with Gasteiger partial charge in [0.05, 0.1) is 5.56 Å². The molecule has 0 spiro atoms. The van der Waals surface area contributed by atoms with Crippen molar-refractivity contribution in [3.05, 3.63) is 36.4 Å². The van der Waals surface area contributed by atoms with E-state index < -0.39 is 32.4 Å². The number of benzene rings is 1. The number of halogens is 1. The van der Waals surface area contributed by atoms with Gasteiger partial charge in [0.15, 0.2) is 6.61 Å². The molecule has 114 valence electrons. The third-order valence-electron chi connectivity index (χ3n) is 2.26. The predicted molar refractivity (Wildman–Crippen MR) is 75.1 cm³/mol. The Morgan fingerprint density at radius 1 is 1.43 bits per heavy atom.